The van der Waals surface area contributed by atoms with Crippen LogP contribution in [-0.2, 0) is 9.59 Å². The van der Waals surface area contributed by atoms with Crippen LogP contribution in [0.25, 0.3) is 0 Å². The number of hydrogen-bond donors (Lipinski definition) is 2. The van der Waals surface area contributed by atoms with Crippen molar-refractivity contribution in [2.75, 3.05) is 10.6 Å². The SMILES string of the molecule is O=C(Nc1cccc(F)c1)C1(C(=O)Nc2ccccc2F)CC1. The molecule has 0 aliphatic heterocycles. The van der Waals surface area contributed by atoms with E-state index in [0.29, 0.717) is 12.8 Å². The zero-order valence-electron chi connectivity index (χ0n) is 12.1. The average molecular weight is 316 g/mol. The summed E-state index contributed by atoms with van der Waals surface area (Å²) in [5, 5.41) is 4.98. The van der Waals surface area contributed by atoms with Gasteiger partial charge in [0, 0.05) is 5.69 Å². The number of rotatable bonds is 4. The zero-order valence-corrected chi connectivity index (χ0v) is 12.1. The van der Waals surface area contributed by atoms with Gasteiger partial charge >= 0.3 is 0 Å². The molecule has 23 heavy (non-hydrogen) atoms. The third-order valence-corrected chi connectivity index (χ3v) is 3.82. The van der Waals surface area contributed by atoms with E-state index < -0.39 is 28.9 Å². The number of nitrogens with one attached hydrogen (secondary N) is 2. The highest BCUT2D eigenvalue weighted by Gasteiger charge is 2.56. The number of para-hydroxylation sites is 1. The Morgan fingerprint density at radius 1 is 0.913 bits per heavy atom. The van der Waals surface area contributed by atoms with Gasteiger partial charge in [-0.15, -0.1) is 0 Å². The van der Waals surface area contributed by atoms with Crippen LogP contribution in [0, 0.1) is 17.0 Å². The number of amides is 2. The summed E-state index contributed by atoms with van der Waals surface area (Å²) in [6.07, 6.45) is 0.739. The molecule has 1 saturated carbocycles. The lowest BCUT2D eigenvalue weighted by molar-refractivity contribution is -0.131. The lowest BCUT2D eigenvalue weighted by Gasteiger charge is -2.15. The minimum Gasteiger partial charge on any atom is -0.325 e. The number of carbonyl (C=O) groups excluding carboxylic acids is 2. The lowest BCUT2D eigenvalue weighted by Crippen LogP contribution is -2.35. The van der Waals surface area contributed by atoms with Crippen LogP contribution >= 0.6 is 0 Å². The van der Waals surface area contributed by atoms with Gasteiger partial charge in [0.25, 0.3) is 0 Å². The molecule has 0 spiro atoms. The van der Waals surface area contributed by atoms with Crippen molar-refractivity contribution in [3.63, 3.8) is 0 Å². The minimum absolute atomic E-state index is 0.0299. The molecule has 6 heteroatoms. The Morgan fingerprint density at radius 2 is 1.61 bits per heavy atom. The van der Waals surface area contributed by atoms with Crippen molar-refractivity contribution in [3.8, 4) is 0 Å². The molecule has 1 fully saturated rings. The molecule has 118 valence electrons. The first kappa shape index (κ1) is 15.1. The van der Waals surface area contributed by atoms with Crippen LogP contribution in [0.2, 0.25) is 0 Å². The first-order chi connectivity index (χ1) is 11.0. The zero-order chi connectivity index (χ0) is 16.4. The van der Waals surface area contributed by atoms with Crippen LogP contribution in [0.3, 0.4) is 0 Å². The van der Waals surface area contributed by atoms with Crippen molar-refractivity contribution in [1.29, 1.82) is 0 Å². The largest absolute Gasteiger partial charge is 0.325 e. The van der Waals surface area contributed by atoms with Gasteiger partial charge in [0.05, 0.1) is 5.69 Å². The van der Waals surface area contributed by atoms with Crippen LogP contribution in [0.15, 0.2) is 48.5 Å². The van der Waals surface area contributed by atoms with E-state index in [1.165, 1.54) is 42.5 Å². The Balaban J connectivity index is 1.72. The second-order valence-corrected chi connectivity index (χ2v) is 5.48. The number of benzene rings is 2. The fourth-order valence-corrected chi connectivity index (χ4v) is 2.30. The predicted molar refractivity (Wildman–Crippen MR) is 81.7 cm³/mol. The Kier molecular flexibility index (Phi) is 3.82. The van der Waals surface area contributed by atoms with Gasteiger partial charge in [-0.3, -0.25) is 9.59 Å². The van der Waals surface area contributed by atoms with Crippen molar-refractivity contribution in [1.82, 2.24) is 0 Å². The second-order valence-electron chi connectivity index (χ2n) is 5.48. The molecule has 0 bridgehead atoms. The summed E-state index contributed by atoms with van der Waals surface area (Å²) >= 11 is 0. The molecule has 3 rings (SSSR count). The monoisotopic (exact) mass is 316 g/mol. The van der Waals surface area contributed by atoms with Crippen molar-refractivity contribution in [3.05, 3.63) is 60.2 Å². The highest BCUT2D eigenvalue weighted by molar-refractivity contribution is 6.16. The molecule has 0 radical (unpaired) electrons. The van der Waals surface area contributed by atoms with E-state index in [1.54, 1.807) is 6.07 Å². The van der Waals surface area contributed by atoms with Crippen molar-refractivity contribution >= 4 is 23.2 Å². The molecule has 1 aliphatic rings. The Labute approximate surface area is 131 Å². The van der Waals surface area contributed by atoms with Gasteiger partial charge in [0.2, 0.25) is 11.8 Å². The quantitative estimate of drug-likeness (QED) is 0.850. The summed E-state index contributed by atoms with van der Waals surface area (Å²) in [7, 11) is 0. The lowest BCUT2D eigenvalue weighted by atomic mass is 10.0. The number of anilines is 2. The maximum absolute atomic E-state index is 13.6. The standard InChI is InChI=1S/C17H14F2N2O2/c18-11-4-3-5-12(10-11)20-15(22)17(8-9-17)16(23)21-14-7-2-1-6-13(14)19/h1-7,10H,8-9H2,(H,20,22)(H,21,23). The Bertz CT molecular complexity index is 773. The van der Waals surface area contributed by atoms with Crippen LogP contribution < -0.4 is 10.6 Å². The highest BCUT2D eigenvalue weighted by atomic mass is 19.1. The first-order valence-electron chi connectivity index (χ1n) is 7.14. The van der Waals surface area contributed by atoms with Gasteiger partial charge in [-0.1, -0.05) is 18.2 Å². The summed E-state index contributed by atoms with van der Waals surface area (Å²) in [5.41, 5.74) is -0.920. The Morgan fingerprint density at radius 3 is 2.26 bits per heavy atom. The van der Waals surface area contributed by atoms with E-state index in [2.05, 4.69) is 10.6 Å². The third kappa shape index (κ3) is 3.06. The molecular weight excluding hydrogens is 302 g/mol. The number of halogens is 2. The smallest absolute Gasteiger partial charge is 0.240 e. The number of carbonyl (C=O) groups is 2. The number of hydrogen-bond acceptors (Lipinski definition) is 2. The molecule has 0 heterocycles. The summed E-state index contributed by atoms with van der Waals surface area (Å²) in [6.45, 7) is 0. The summed E-state index contributed by atoms with van der Waals surface area (Å²) in [6, 6.07) is 11.2. The van der Waals surface area contributed by atoms with E-state index >= 15 is 0 Å². The van der Waals surface area contributed by atoms with E-state index in [-0.39, 0.29) is 11.4 Å². The molecule has 0 aromatic heterocycles. The molecule has 1 aliphatic carbocycles. The first-order valence-corrected chi connectivity index (χ1v) is 7.14. The molecular formula is C17H14F2N2O2. The molecule has 0 atom stereocenters. The maximum atomic E-state index is 13.6. The van der Waals surface area contributed by atoms with Crippen molar-refractivity contribution in [2.45, 2.75) is 12.8 Å². The molecule has 2 N–H and O–H groups in total. The van der Waals surface area contributed by atoms with Gasteiger partial charge in [0.15, 0.2) is 0 Å². The van der Waals surface area contributed by atoms with Crippen LogP contribution in [0.1, 0.15) is 12.8 Å². The summed E-state index contributed by atoms with van der Waals surface area (Å²) in [4.78, 5) is 24.7. The topological polar surface area (TPSA) is 58.2 Å². The van der Waals surface area contributed by atoms with Gasteiger partial charge in [-0.05, 0) is 43.2 Å². The van der Waals surface area contributed by atoms with Gasteiger partial charge in [-0.25, -0.2) is 8.78 Å². The van der Waals surface area contributed by atoms with Crippen molar-refractivity contribution < 1.29 is 18.4 Å². The summed E-state index contributed by atoms with van der Waals surface area (Å²) < 4.78 is 26.7. The predicted octanol–water partition coefficient (Wildman–Crippen LogP) is 3.32. The second kappa shape index (κ2) is 5.79. The van der Waals surface area contributed by atoms with E-state index in [4.69, 9.17) is 0 Å². The summed E-state index contributed by atoms with van der Waals surface area (Å²) in [5.74, 6) is -2.13. The van der Waals surface area contributed by atoms with Crippen LogP contribution in [-0.4, -0.2) is 11.8 Å². The van der Waals surface area contributed by atoms with Gasteiger partial charge in [-0.2, -0.15) is 0 Å². The van der Waals surface area contributed by atoms with Crippen molar-refractivity contribution in [2.24, 2.45) is 5.41 Å². The van der Waals surface area contributed by atoms with Gasteiger partial charge < -0.3 is 10.6 Å². The molecule has 2 aromatic rings. The molecule has 4 nitrogen and oxygen atoms in total. The minimum atomic E-state index is -1.23. The third-order valence-electron chi connectivity index (χ3n) is 3.82. The highest BCUT2D eigenvalue weighted by Crippen LogP contribution is 2.47. The van der Waals surface area contributed by atoms with Crippen LogP contribution in [0.4, 0.5) is 20.2 Å². The molecule has 0 saturated heterocycles. The van der Waals surface area contributed by atoms with E-state index in [9.17, 15) is 18.4 Å². The maximum Gasteiger partial charge on any atom is 0.240 e. The molecule has 0 unspecified atom stereocenters. The molecule has 2 amide bonds. The van der Waals surface area contributed by atoms with Crippen LogP contribution in [0.5, 0.6) is 0 Å². The average Bonchev–Trinajstić information content (AvgIpc) is 3.31. The Hall–Kier alpha value is -2.76. The fourth-order valence-electron chi connectivity index (χ4n) is 2.30. The molecule has 2 aromatic carbocycles. The normalized spacial score (nSPS) is 14.9. The van der Waals surface area contributed by atoms with Gasteiger partial charge in [0.1, 0.15) is 17.0 Å². The van der Waals surface area contributed by atoms with E-state index in [0.717, 1.165) is 0 Å². The van der Waals surface area contributed by atoms with E-state index in [1.807, 2.05) is 0 Å². The fraction of sp³-hybridized carbons (Fsp3) is 0.176.